The lowest BCUT2D eigenvalue weighted by Gasteiger charge is -2.09. The van der Waals surface area contributed by atoms with Crippen LogP contribution in [-0.4, -0.2) is 21.2 Å². The Bertz CT molecular complexity index is 468. The van der Waals surface area contributed by atoms with Crippen molar-refractivity contribution in [3.63, 3.8) is 0 Å². The number of carbonyl (C=O) groups excluding carboxylic acids is 1. The summed E-state index contributed by atoms with van der Waals surface area (Å²) in [6.45, 7) is 1.38. The molecule has 1 rings (SSSR count). The van der Waals surface area contributed by atoms with Gasteiger partial charge in [-0.1, -0.05) is 12.1 Å². The molecular formula is C9H12N2O3S. The second-order valence-corrected chi connectivity index (χ2v) is 4.53. The van der Waals surface area contributed by atoms with Gasteiger partial charge in [-0.3, -0.25) is 9.52 Å². The largest absolute Gasteiger partial charge is 0.298 e. The predicted octanol–water partition coefficient (Wildman–Crippen LogP) is 0.765. The van der Waals surface area contributed by atoms with E-state index < -0.39 is 10.2 Å². The standard InChI is InChI=1S/C9H12N2O3S/c1-7(12)8-5-3-4-6-9(8)11-15(13,14)10-2/h3-6,10-11H,1-2H3. The van der Waals surface area contributed by atoms with Crippen molar-refractivity contribution in [3.8, 4) is 0 Å². The van der Waals surface area contributed by atoms with E-state index in [1.54, 1.807) is 18.2 Å². The van der Waals surface area contributed by atoms with Crippen molar-refractivity contribution < 1.29 is 13.2 Å². The number of anilines is 1. The fourth-order valence-corrected chi connectivity index (χ4v) is 1.64. The summed E-state index contributed by atoms with van der Waals surface area (Å²) < 4.78 is 26.8. The lowest BCUT2D eigenvalue weighted by Crippen LogP contribution is -2.27. The number of ketones is 1. The summed E-state index contributed by atoms with van der Waals surface area (Å²) in [5.74, 6) is -0.190. The van der Waals surface area contributed by atoms with Gasteiger partial charge in [0.05, 0.1) is 5.69 Å². The highest BCUT2D eigenvalue weighted by molar-refractivity contribution is 7.90. The first-order valence-corrected chi connectivity index (χ1v) is 5.76. The third-order valence-electron chi connectivity index (χ3n) is 1.82. The summed E-state index contributed by atoms with van der Waals surface area (Å²) in [7, 11) is -2.29. The van der Waals surface area contributed by atoms with Crippen LogP contribution >= 0.6 is 0 Å². The molecule has 0 bridgehead atoms. The summed E-state index contributed by atoms with van der Waals surface area (Å²) in [5, 5.41) is 0. The number of nitrogens with one attached hydrogen (secondary N) is 2. The zero-order chi connectivity index (χ0) is 11.5. The number of carbonyl (C=O) groups is 1. The smallest absolute Gasteiger partial charge is 0.294 e. The molecule has 0 heterocycles. The zero-order valence-corrected chi connectivity index (χ0v) is 9.26. The summed E-state index contributed by atoms with van der Waals surface area (Å²) in [4.78, 5) is 11.2. The maximum absolute atomic E-state index is 11.2. The van der Waals surface area contributed by atoms with Crippen LogP contribution in [0, 0.1) is 0 Å². The van der Waals surface area contributed by atoms with Gasteiger partial charge in [0.25, 0.3) is 10.2 Å². The quantitative estimate of drug-likeness (QED) is 0.747. The third kappa shape index (κ3) is 3.03. The zero-order valence-electron chi connectivity index (χ0n) is 8.44. The molecule has 0 aliphatic heterocycles. The average Bonchev–Trinajstić information content (AvgIpc) is 2.18. The van der Waals surface area contributed by atoms with Crippen molar-refractivity contribution in [2.45, 2.75) is 6.92 Å². The molecule has 0 spiro atoms. The van der Waals surface area contributed by atoms with Crippen molar-refractivity contribution >= 4 is 21.7 Å². The van der Waals surface area contributed by atoms with Crippen LogP contribution < -0.4 is 9.44 Å². The van der Waals surface area contributed by atoms with Crippen molar-refractivity contribution in [2.75, 3.05) is 11.8 Å². The maximum Gasteiger partial charge on any atom is 0.298 e. The van der Waals surface area contributed by atoms with Gasteiger partial charge in [-0.05, 0) is 19.1 Å². The molecule has 0 saturated carbocycles. The first-order chi connectivity index (χ1) is 6.96. The first kappa shape index (κ1) is 11.7. The van der Waals surface area contributed by atoms with Crippen LogP contribution in [0.4, 0.5) is 5.69 Å². The Kier molecular flexibility index (Phi) is 3.43. The molecule has 0 aliphatic carbocycles. The molecule has 6 heteroatoms. The Labute approximate surface area is 88.7 Å². The number of rotatable bonds is 4. The van der Waals surface area contributed by atoms with Crippen molar-refractivity contribution in [3.05, 3.63) is 29.8 Å². The van der Waals surface area contributed by atoms with Crippen LogP contribution in [0.5, 0.6) is 0 Å². The number of hydrogen-bond acceptors (Lipinski definition) is 3. The summed E-state index contributed by atoms with van der Waals surface area (Å²) in [6.07, 6.45) is 0. The normalized spacial score (nSPS) is 11.1. The minimum Gasteiger partial charge on any atom is -0.294 e. The molecule has 0 atom stereocenters. The molecule has 82 valence electrons. The van der Waals surface area contributed by atoms with Gasteiger partial charge in [0.15, 0.2) is 5.78 Å². The molecule has 1 aromatic carbocycles. The highest BCUT2D eigenvalue weighted by Gasteiger charge is 2.11. The molecule has 0 aromatic heterocycles. The topological polar surface area (TPSA) is 75.3 Å². The summed E-state index contributed by atoms with van der Waals surface area (Å²) in [5.41, 5.74) is 0.621. The van der Waals surface area contributed by atoms with Gasteiger partial charge in [-0.2, -0.15) is 8.42 Å². The lowest BCUT2D eigenvalue weighted by atomic mass is 10.1. The van der Waals surface area contributed by atoms with Gasteiger partial charge >= 0.3 is 0 Å². The number of benzene rings is 1. The molecule has 0 unspecified atom stereocenters. The van der Waals surface area contributed by atoms with Crippen LogP contribution in [0.15, 0.2) is 24.3 Å². The van der Waals surface area contributed by atoms with E-state index in [9.17, 15) is 13.2 Å². The van der Waals surface area contributed by atoms with Crippen LogP contribution in [0.25, 0.3) is 0 Å². The van der Waals surface area contributed by atoms with E-state index in [1.165, 1.54) is 20.0 Å². The molecule has 0 fully saturated rings. The Morgan fingerprint density at radius 3 is 2.40 bits per heavy atom. The van der Waals surface area contributed by atoms with Crippen molar-refractivity contribution in [1.82, 2.24) is 4.72 Å². The lowest BCUT2D eigenvalue weighted by molar-refractivity contribution is 0.101. The molecule has 1 aromatic rings. The molecule has 0 amide bonds. The molecule has 2 N–H and O–H groups in total. The minimum absolute atomic E-state index is 0.190. The van der Waals surface area contributed by atoms with E-state index in [-0.39, 0.29) is 11.5 Å². The maximum atomic E-state index is 11.2. The highest BCUT2D eigenvalue weighted by atomic mass is 32.2. The second-order valence-electron chi connectivity index (χ2n) is 2.91. The van der Waals surface area contributed by atoms with Crippen LogP contribution in [-0.2, 0) is 10.2 Å². The van der Waals surface area contributed by atoms with E-state index >= 15 is 0 Å². The Morgan fingerprint density at radius 2 is 1.87 bits per heavy atom. The van der Waals surface area contributed by atoms with E-state index in [0.717, 1.165) is 0 Å². The monoisotopic (exact) mass is 228 g/mol. The van der Waals surface area contributed by atoms with Crippen LogP contribution in [0.3, 0.4) is 0 Å². The van der Waals surface area contributed by atoms with Gasteiger partial charge < -0.3 is 0 Å². The van der Waals surface area contributed by atoms with Crippen molar-refractivity contribution in [1.29, 1.82) is 0 Å². The third-order valence-corrected chi connectivity index (χ3v) is 2.85. The SMILES string of the molecule is CNS(=O)(=O)Nc1ccccc1C(C)=O. The van der Waals surface area contributed by atoms with Crippen molar-refractivity contribution in [2.24, 2.45) is 0 Å². The number of hydrogen-bond donors (Lipinski definition) is 2. The Morgan fingerprint density at radius 1 is 1.27 bits per heavy atom. The Hall–Kier alpha value is -1.40. The highest BCUT2D eigenvalue weighted by Crippen LogP contribution is 2.16. The summed E-state index contributed by atoms with van der Waals surface area (Å²) in [6, 6.07) is 6.43. The minimum atomic E-state index is -3.58. The molecule has 0 radical (unpaired) electrons. The fraction of sp³-hybridized carbons (Fsp3) is 0.222. The van der Waals surface area contributed by atoms with E-state index in [4.69, 9.17) is 0 Å². The molecule has 0 aliphatic rings. The predicted molar refractivity (Wildman–Crippen MR) is 58.0 cm³/mol. The van der Waals surface area contributed by atoms with Crippen LogP contribution in [0.2, 0.25) is 0 Å². The van der Waals surface area contributed by atoms with E-state index in [1.807, 2.05) is 0 Å². The molecular weight excluding hydrogens is 216 g/mol. The van der Waals surface area contributed by atoms with Gasteiger partial charge in [-0.25, -0.2) is 4.72 Å². The van der Waals surface area contributed by atoms with Gasteiger partial charge in [0.2, 0.25) is 0 Å². The Balaban J connectivity index is 3.10. The van der Waals surface area contributed by atoms with Gasteiger partial charge in [-0.15, -0.1) is 0 Å². The molecule has 0 saturated heterocycles. The van der Waals surface area contributed by atoms with Crippen LogP contribution in [0.1, 0.15) is 17.3 Å². The van der Waals surface area contributed by atoms with E-state index in [0.29, 0.717) is 5.56 Å². The van der Waals surface area contributed by atoms with Gasteiger partial charge in [0, 0.05) is 12.6 Å². The first-order valence-electron chi connectivity index (χ1n) is 4.27. The molecule has 15 heavy (non-hydrogen) atoms. The summed E-state index contributed by atoms with van der Waals surface area (Å²) >= 11 is 0. The van der Waals surface area contributed by atoms with Gasteiger partial charge in [0.1, 0.15) is 0 Å². The second kappa shape index (κ2) is 4.41. The average molecular weight is 228 g/mol. The number of para-hydroxylation sites is 1. The molecule has 5 nitrogen and oxygen atoms in total. The van der Waals surface area contributed by atoms with E-state index in [2.05, 4.69) is 9.44 Å². The number of Topliss-reactive ketones (excluding diaryl/α,β-unsaturated/α-hetero) is 1. The fourth-order valence-electron chi connectivity index (χ4n) is 1.07.